The van der Waals surface area contributed by atoms with Crippen LogP contribution in [0.4, 0.5) is 4.79 Å². The second-order valence-electron chi connectivity index (χ2n) is 6.00. The topological polar surface area (TPSA) is 94.1 Å². The first-order valence-electron chi connectivity index (χ1n) is 8.48. The number of methoxy groups -OCH3 is 2. The summed E-state index contributed by atoms with van der Waals surface area (Å²) < 4.78 is 15.5. The maximum absolute atomic E-state index is 12.1. The lowest BCUT2D eigenvalue weighted by Crippen LogP contribution is -2.43. The van der Waals surface area contributed by atoms with Crippen LogP contribution in [0.2, 0.25) is 0 Å². The number of ether oxygens (including phenoxy) is 3. The molecule has 0 aliphatic carbocycles. The summed E-state index contributed by atoms with van der Waals surface area (Å²) >= 11 is 3.28. The Balaban J connectivity index is 2.07. The number of phenols is 1. The summed E-state index contributed by atoms with van der Waals surface area (Å²) in [4.78, 5) is 24.2. The summed E-state index contributed by atoms with van der Waals surface area (Å²) in [7, 11) is 2.76. The number of benzene rings is 2. The van der Waals surface area contributed by atoms with E-state index in [0.717, 1.165) is 5.56 Å². The van der Waals surface area contributed by atoms with Gasteiger partial charge in [-0.2, -0.15) is 0 Å². The van der Waals surface area contributed by atoms with Crippen molar-refractivity contribution in [1.82, 2.24) is 5.32 Å². The summed E-state index contributed by atoms with van der Waals surface area (Å²) in [5, 5.41) is 12.6. The molecule has 0 unspecified atom stereocenters. The van der Waals surface area contributed by atoms with E-state index in [1.807, 2.05) is 30.3 Å². The van der Waals surface area contributed by atoms with Crippen molar-refractivity contribution in [2.45, 2.75) is 25.7 Å². The van der Waals surface area contributed by atoms with Gasteiger partial charge in [0.15, 0.2) is 0 Å². The molecule has 0 aromatic heterocycles. The minimum Gasteiger partial charge on any atom is -0.506 e. The molecule has 0 saturated carbocycles. The molecule has 1 amide bonds. The van der Waals surface area contributed by atoms with E-state index in [-0.39, 0.29) is 25.4 Å². The van der Waals surface area contributed by atoms with Crippen LogP contribution in [0, 0.1) is 0 Å². The van der Waals surface area contributed by atoms with Crippen LogP contribution in [-0.4, -0.2) is 37.4 Å². The first-order chi connectivity index (χ1) is 13.4. The van der Waals surface area contributed by atoms with E-state index >= 15 is 0 Å². The van der Waals surface area contributed by atoms with Crippen molar-refractivity contribution in [2.75, 3.05) is 14.2 Å². The van der Waals surface area contributed by atoms with Gasteiger partial charge in [0.25, 0.3) is 0 Å². The van der Waals surface area contributed by atoms with Gasteiger partial charge in [-0.1, -0.05) is 30.3 Å². The van der Waals surface area contributed by atoms with Crippen LogP contribution in [-0.2, 0) is 38.6 Å². The number of phenolic OH excluding ortho intramolecular Hbond substituents is 1. The van der Waals surface area contributed by atoms with Gasteiger partial charge < -0.3 is 24.6 Å². The number of esters is 1. The lowest BCUT2D eigenvalue weighted by atomic mass is 10.0. The molecule has 8 heteroatoms. The van der Waals surface area contributed by atoms with E-state index in [1.54, 1.807) is 12.1 Å². The number of carbonyl (C=O) groups excluding carboxylic acids is 2. The first kappa shape index (κ1) is 21.7. The van der Waals surface area contributed by atoms with Gasteiger partial charge in [0.05, 0.1) is 18.2 Å². The van der Waals surface area contributed by atoms with Gasteiger partial charge in [0, 0.05) is 19.1 Å². The first-order valence-corrected chi connectivity index (χ1v) is 9.28. The van der Waals surface area contributed by atoms with Gasteiger partial charge in [-0.25, -0.2) is 9.59 Å². The lowest BCUT2D eigenvalue weighted by molar-refractivity contribution is -0.143. The van der Waals surface area contributed by atoms with Crippen LogP contribution in [0.5, 0.6) is 5.75 Å². The zero-order valence-electron chi connectivity index (χ0n) is 15.6. The predicted molar refractivity (Wildman–Crippen MR) is 106 cm³/mol. The number of amides is 1. The summed E-state index contributed by atoms with van der Waals surface area (Å²) in [6.45, 7) is 0.289. The highest BCUT2D eigenvalue weighted by Gasteiger charge is 2.23. The van der Waals surface area contributed by atoms with E-state index in [2.05, 4.69) is 21.2 Å². The Morgan fingerprint density at radius 2 is 1.82 bits per heavy atom. The molecule has 28 heavy (non-hydrogen) atoms. The Kier molecular flexibility index (Phi) is 8.28. The average Bonchev–Trinajstić information content (AvgIpc) is 2.70. The molecular formula is C20H22BrNO6. The number of carbonyl (C=O) groups is 2. The van der Waals surface area contributed by atoms with Gasteiger partial charge in [-0.3, -0.25) is 0 Å². The molecule has 0 spiro atoms. The maximum atomic E-state index is 12.1. The van der Waals surface area contributed by atoms with Crippen molar-refractivity contribution in [1.29, 1.82) is 0 Å². The Labute approximate surface area is 171 Å². The second-order valence-corrected chi connectivity index (χ2v) is 6.86. The number of rotatable bonds is 8. The molecule has 0 aliphatic heterocycles. The highest BCUT2D eigenvalue weighted by molar-refractivity contribution is 9.10. The Morgan fingerprint density at radius 3 is 2.46 bits per heavy atom. The molecule has 150 valence electrons. The number of alkyl carbamates (subject to hydrolysis) is 1. The second kappa shape index (κ2) is 10.7. The van der Waals surface area contributed by atoms with E-state index in [4.69, 9.17) is 14.2 Å². The van der Waals surface area contributed by atoms with Crippen molar-refractivity contribution in [3.8, 4) is 5.75 Å². The van der Waals surface area contributed by atoms with Gasteiger partial charge in [-0.05, 0) is 39.2 Å². The van der Waals surface area contributed by atoms with E-state index in [0.29, 0.717) is 15.6 Å². The molecule has 0 heterocycles. The lowest BCUT2D eigenvalue weighted by Gasteiger charge is -2.18. The Bertz CT molecular complexity index is 812. The zero-order chi connectivity index (χ0) is 20.5. The van der Waals surface area contributed by atoms with Crippen LogP contribution in [0.15, 0.2) is 46.9 Å². The van der Waals surface area contributed by atoms with E-state index in [9.17, 15) is 14.7 Å². The number of aromatic hydroxyl groups is 1. The molecular weight excluding hydrogens is 430 g/mol. The summed E-state index contributed by atoms with van der Waals surface area (Å²) in [6.07, 6.45) is -0.572. The van der Waals surface area contributed by atoms with E-state index < -0.39 is 18.1 Å². The van der Waals surface area contributed by atoms with Crippen molar-refractivity contribution < 1.29 is 28.9 Å². The molecule has 1 atom stereocenters. The van der Waals surface area contributed by atoms with Gasteiger partial charge in [0.2, 0.25) is 0 Å². The Hall–Kier alpha value is -2.58. The molecule has 7 nitrogen and oxygen atoms in total. The van der Waals surface area contributed by atoms with Crippen LogP contribution < -0.4 is 5.32 Å². The molecule has 0 saturated heterocycles. The summed E-state index contributed by atoms with van der Waals surface area (Å²) in [5.41, 5.74) is 2.09. The third-order valence-electron chi connectivity index (χ3n) is 3.93. The fourth-order valence-electron chi connectivity index (χ4n) is 2.58. The third-order valence-corrected chi connectivity index (χ3v) is 4.54. The number of hydrogen-bond donors (Lipinski definition) is 2. The zero-order valence-corrected chi connectivity index (χ0v) is 17.2. The molecule has 0 fully saturated rings. The quantitative estimate of drug-likeness (QED) is 0.597. The molecule has 2 N–H and O–H groups in total. The number of nitrogens with one attached hydrogen (secondary N) is 1. The summed E-state index contributed by atoms with van der Waals surface area (Å²) in [6, 6.07) is 11.6. The Morgan fingerprint density at radius 1 is 1.11 bits per heavy atom. The number of hydrogen-bond acceptors (Lipinski definition) is 6. The minimum absolute atomic E-state index is 0.0652. The maximum Gasteiger partial charge on any atom is 0.408 e. The van der Waals surface area contributed by atoms with Crippen LogP contribution in [0.1, 0.15) is 16.7 Å². The summed E-state index contributed by atoms with van der Waals surface area (Å²) in [5.74, 6) is -0.537. The highest BCUT2D eigenvalue weighted by atomic mass is 79.9. The standard InChI is InChI=1S/C20H22BrNO6/c1-26-12-15-8-14(9-16(21)18(15)23)10-17(19(24)27-2)22-20(25)28-11-13-6-4-3-5-7-13/h3-9,17,23H,10-12H2,1-2H3,(H,22,25)/t17-/m0/s1. The SMILES string of the molecule is COCc1cc(C[C@H](NC(=O)OCc2ccccc2)C(=O)OC)cc(Br)c1O. The fourth-order valence-corrected chi connectivity index (χ4v) is 3.13. The fraction of sp³-hybridized carbons (Fsp3) is 0.300. The van der Waals surface area contributed by atoms with Crippen molar-refractivity contribution in [3.05, 3.63) is 63.6 Å². The van der Waals surface area contributed by atoms with Crippen LogP contribution in [0.25, 0.3) is 0 Å². The van der Waals surface area contributed by atoms with Crippen LogP contribution >= 0.6 is 15.9 Å². The van der Waals surface area contributed by atoms with Gasteiger partial charge in [0.1, 0.15) is 18.4 Å². The highest BCUT2D eigenvalue weighted by Crippen LogP contribution is 2.30. The average molecular weight is 452 g/mol. The molecule has 2 aromatic carbocycles. The molecule has 0 radical (unpaired) electrons. The monoisotopic (exact) mass is 451 g/mol. The van der Waals surface area contributed by atoms with Crippen molar-refractivity contribution in [2.24, 2.45) is 0 Å². The molecule has 2 rings (SSSR count). The third kappa shape index (κ3) is 6.24. The molecule has 0 bridgehead atoms. The van der Waals surface area contributed by atoms with Crippen LogP contribution in [0.3, 0.4) is 0 Å². The predicted octanol–water partition coefficient (Wildman–Crippen LogP) is 3.31. The number of halogens is 1. The van der Waals surface area contributed by atoms with Gasteiger partial charge in [-0.15, -0.1) is 0 Å². The van der Waals surface area contributed by atoms with Gasteiger partial charge >= 0.3 is 12.1 Å². The van der Waals surface area contributed by atoms with Crippen molar-refractivity contribution >= 4 is 28.0 Å². The molecule has 2 aromatic rings. The van der Waals surface area contributed by atoms with Crippen molar-refractivity contribution in [3.63, 3.8) is 0 Å². The van der Waals surface area contributed by atoms with E-state index in [1.165, 1.54) is 14.2 Å². The largest absolute Gasteiger partial charge is 0.506 e. The smallest absolute Gasteiger partial charge is 0.408 e. The normalized spacial score (nSPS) is 11.5. The molecule has 0 aliphatic rings. The minimum atomic E-state index is -0.944.